The van der Waals surface area contributed by atoms with E-state index in [1.807, 2.05) is 25.1 Å². The maximum absolute atomic E-state index is 9.25. The Labute approximate surface area is 105 Å². The van der Waals surface area contributed by atoms with E-state index in [9.17, 15) is 5.11 Å². The summed E-state index contributed by atoms with van der Waals surface area (Å²) in [5.74, 6) is 0.824. The molecule has 90 valence electrons. The Balaban J connectivity index is 1.98. The van der Waals surface area contributed by atoms with Crippen LogP contribution in [0.4, 0.5) is 0 Å². The summed E-state index contributed by atoms with van der Waals surface area (Å²) in [6.07, 6.45) is 0.905. The van der Waals surface area contributed by atoms with Gasteiger partial charge >= 0.3 is 0 Å². The van der Waals surface area contributed by atoms with Gasteiger partial charge in [0.2, 0.25) is 0 Å². The fourth-order valence-corrected chi connectivity index (χ4v) is 2.45. The van der Waals surface area contributed by atoms with Crippen LogP contribution in [0, 0.1) is 6.92 Å². The Morgan fingerprint density at radius 2 is 2.18 bits per heavy atom. The quantitative estimate of drug-likeness (QED) is 0.880. The van der Waals surface area contributed by atoms with Crippen LogP contribution in [0.15, 0.2) is 35.0 Å². The van der Waals surface area contributed by atoms with Crippen LogP contribution in [0.3, 0.4) is 0 Å². The second kappa shape index (κ2) is 5.84. The molecule has 0 aliphatic rings. The molecule has 0 atom stereocenters. The highest BCUT2D eigenvalue weighted by Gasteiger charge is 2.05. The first kappa shape index (κ1) is 12.1. The number of hydrogen-bond donors (Lipinski definition) is 1. The summed E-state index contributed by atoms with van der Waals surface area (Å²) in [6.45, 7) is 2.67. The van der Waals surface area contributed by atoms with Crippen LogP contribution in [0.1, 0.15) is 16.7 Å². The van der Waals surface area contributed by atoms with Crippen LogP contribution in [0.25, 0.3) is 0 Å². The van der Waals surface area contributed by atoms with Gasteiger partial charge in [-0.2, -0.15) is 11.3 Å². The summed E-state index contributed by atoms with van der Waals surface area (Å²) in [4.78, 5) is 0. The maximum Gasteiger partial charge on any atom is 0.127 e. The van der Waals surface area contributed by atoms with Crippen LogP contribution < -0.4 is 4.74 Å². The van der Waals surface area contributed by atoms with E-state index in [-0.39, 0.29) is 6.61 Å². The lowest BCUT2D eigenvalue weighted by Gasteiger charge is -2.12. The lowest BCUT2D eigenvalue weighted by molar-refractivity contribution is 0.263. The van der Waals surface area contributed by atoms with Gasteiger partial charge in [0.25, 0.3) is 0 Å². The molecule has 0 fully saturated rings. The molecular formula is C14H16O2S. The van der Waals surface area contributed by atoms with Crippen molar-refractivity contribution in [3.05, 3.63) is 51.7 Å². The molecule has 17 heavy (non-hydrogen) atoms. The van der Waals surface area contributed by atoms with Gasteiger partial charge < -0.3 is 9.84 Å². The van der Waals surface area contributed by atoms with Gasteiger partial charge in [0, 0.05) is 12.0 Å². The highest BCUT2D eigenvalue weighted by Crippen LogP contribution is 2.23. The first-order valence-electron chi connectivity index (χ1n) is 5.64. The Morgan fingerprint density at radius 3 is 2.88 bits per heavy atom. The number of para-hydroxylation sites is 1. The van der Waals surface area contributed by atoms with Crippen LogP contribution in [-0.4, -0.2) is 11.7 Å². The zero-order chi connectivity index (χ0) is 12.1. The number of ether oxygens (including phenoxy) is 1. The smallest absolute Gasteiger partial charge is 0.127 e. The monoisotopic (exact) mass is 248 g/mol. The first-order valence-corrected chi connectivity index (χ1v) is 6.59. The van der Waals surface area contributed by atoms with Gasteiger partial charge in [-0.05, 0) is 34.9 Å². The summed E-state index contributed by atoms with van der Waals surface area (Å²) in [6, 6.07) is 7.94. The summed E-state index contributed by atoms with van der Waals surface area (Å²) >= 11 is 1.70. The van der Waals surface area contributed by atoms with Gasteiger partial charge in [0.05, 0.1) is 13.2 Å². The van der Waals surface area contributed by atoms with Gasteiger partial charge in [0.1, 0.15) is 5.75 Å². The number of aliphatic hydroxyl groups is 1. The van der Waals surface area contributed by atoms with Crippen LogP contribution in [0.2, 0.25) is 0 Å². The fraction of sp³-hybridized carbons (Fsp3) is 0.286. The van der Waals surface area contributed by atoms with E-state index < -0.39 is 0 Å². The number of thiophene rings is 1. The number of aryl methyl sites for hydroxylation is 1. The average molecular weight is 248 g/mol. The Kier molecular flexibility index (Phi) is 4.18. The summed E-state index contributed by atoms with van der Waals surface area (Å²) in [7, 11) is 0. The normalized spacial score (nSPS) is 10.5. The predicted molar refractivity (Wildman–Crippen MR) is 70.6 cm³/mol. The number of aliphatic hydroxyl groups excluding tert-OH is 1. The van der Waals surface area contributed by atoms with Crippen molar-refractivity contribution >= 4 is 11.3 Å². The molecule has 3 heteroatoms. The second-order valence-corrected chi connectivity index (χ2v) is 4.73. The lowest BCUT2D eigenvalue weighted by atomic mass is 10.1. The average Bonchev–Trinajstić information content (AvgIpc) is 2.84. The van der Waals surface area contributed by atoms with Gasteiger partial charge in [-0.1, -0.05) is 18.2 Å². The molecule has 2 nitrogen and oxygen atoms in total. The van der Waals surface area contributed by atoms with Crippen LogP contribution in [0.5, 0.6) is 5.75 Å². The van der Waals surface area contributed by atoms with Crippen molar-refractivity contribution in [2.24, 2.45) is 0 Å². The maximum atomic E-state index is 9.25. The SMILES string of the molecule is Cc1cccc(CO)c1OCCc1ccsc1. The van der Waals surface area contributed by atoms with Gasteiger partial charge in [-0.3, -0.25) is 0 Å². The second-order valence-electron chi connectivity index (χ2n) is 3.95. The standard InChI is InChI=1S/C14H16O2S/c1-11-3-2-4-13(9-15)14(11)16-7-5-12-6-8-17-10-12/h2-4,6,8,10,15H,5,7,9H2,1H3. The summed E-state index contributed by atoms with van der Waals surface area (Å²) in [5, 5.41) is 13.5. The zero-order valence-corrected chi connectivity index (χ0v) is 10.7. The van der Waals surface area contributed by atoms with Crippen LogP contribution in [-0.2, 0) is 13.0 Å². The van der Waals surface area contributed by atoms with E-state index in [4.69, 9.17) is 4.74 Å². The summed E-state index contributed by atoms with van der Waals surface area (Å²) in [5.41, 5.74) is 3.23. The largest absolute Gasteiger partial charge is 0.493 e. The van der Waals surface area contributed by atoms with Crippen molar-refractivity contribution in [1.82, 2.24) is 0 Å². The highest BCUT2D eigenvalue weighted by atomic mass is 32.1. The molecular weight excluding hydrogens is 232 g/mol. The molecule has 1 aromatic carbocycles. The van der Waals surface area contributed by atoms with E-state index >= 15 is 0 Å². The molecule has 2 aromatic rings. The van der Waals surface area contributed by atoms with Gasteiger partial charge in [-0.25, -0.2) is 0 Å². The Morgan fingerprint density at radius 1 is 1.29 bits per heavy atom. The third-order valence-corrected chi connectivity index (χ3v) is 3.41. The molecule has 0 saturated carbocycles. The Bertz CT molecular complexity index is 463. The minimum atomic E-state index is 0.0233. The van der Waals surface area contributed by atoms with Crippen molar-refractivity contribution < 1.29 is 9.84 Å². The minimum absolute atomic E-state index is 0.0233. The molecule has 0 bridgehead atoms. The number of hydrogen-bond acceptors (Lipinski definition) is 3. The van der Waals surface area contributed by atoms with E-state index in [1.165, 1.54) is 5.56 Å². The van der Waals surface area contributed by atoms with Crippen molar-refractivity contribution in [2.45, 2.75) is 20.0 Å². The molecule has 2 rings (SSSR count). The molecule has 0 radical (unpaired) electrons. The van der Waals surface area contributed by atoms with Crippen molar-refractivity contribution in [1.29, 1.82) is 0 Å². The number of benzene rings is 1. The molecule has 0 spiro atoms. The van der Waals surface area contributed by atoms with E-state index in [0.717, 1.165) is 23.3 Å². The first-order chi connectivity index (χ1) is 8.31. The third kappa shape index (κ3) is 3.08. The van der Waals surface area contributed by atoms with Crippen molar-refractivity contribution in [3.63, 3.8) is 0 Å². The molecule has 0 aliphatic carbocycles. The molecule has 1 N–H and O–H groups in total. The van der Waals surface area contributed by atoms with Crippen molar-refractivity contribution in [2.75, 3.05) is 6.61 Å². The Hall–Kier alpha value is -1.32. The highest BCUT2D eigenvalue weighted by molar-refractivity contribution is 7.07. The predicted octanol–water partition coefficient (Wildman–Crippen LogP) is 3.17. The molecule has 0 aliphatic heterocycles. The third-order valence-electron chi connectivity index (χ3n) is 2.68. The van der Waals surface area contributed by atoms with E-state index in [1.54, 1.807) is 11.3 Å². The van der Waals surface area contributed by atoms with E-state index in [0.29, 0.717) is 6.61 Å². The van der Waals surface area contributed by atoms with E-state index in [2.05, 4.69) is 16.8 Å². The minimum Gasteiger partial charge on any atom is -0.493 e. The number of rotatable bonds is 5. The van der Waals surface area contributed by atoms with Crippen LogP contribution >= 0.6 is 11.3 Å². The van der Waals surface area contributed by atoms with Crippen molar-refractivity contribution in [3.8, 4) is 5.75 Å². The fourth-order valence-electron chi connectivity index (χ4n) is 1.75. The molecule has 1 heterocycles. The molecule has 0 amide bonds. The topological polar surface area (TPSA) is 29.5 Å². The molecule has 0 saturated heterocycles. The zero-order valence-electron chi connectivity index (χ0n) is 9.85. The lowest BCUT2D eigenvalue weighted by Crippen LogP contribution is -2.04. The molecule has 0 unspecified atom stereocenters. The summed E-state index contributed by atoms with van der Waals surface area (Å²) < 4.78 is 5.78. The van der Waals surface area contributed by atoms with Gasteiger partial charge in [0.15, 0.2) is 0 Å². The molecule has 1 aromatic heterocycles. The van der Waals surface area contributed by atoms with Gasteiger partial charge in [-0.15, -0.1) is 0 Å².